The molecule has 9 heterocycles. The molecule has 0 spiro atoms. The number of primary amides is 1. The second-order valence-electron chi connectivity index (χ2n) is 45.5. The SMILES string of the molecule is C1CCNCC1.CC(C)(C)OC[C@@H](O)[C@@H](CC=[N+]1CCCCC1)OC(C)(C)C.CC(C)(C)OC[C@H]1O[C@@H](NC(N)=O)C[C@H]1OC(C)(C)C.CN(C)CCC(=O)c1cn([C@H]2C[C@@H](OC(C)(C)C)[C@@H](COC(C)(C)C)O2)c(=O)[nH]c1=O.CNCCC(=O)c1cn([C@H]2C[C@@H](OC(C)(C)C)[C@@H](COC(C)(C)C)O2)c(=O)[nH]c1=O.Cc1cn([C@H]2C[C@@H](OC(C)(C)C)[C@@H](COC(C)(C)C)O2)c(=O)[nH]c1=O.NN. The maximum atomic E-state index is 12.5. The summed E-state index contributed by atoms with van der Waals surface area (Å²) in [6, 6.07) is -0.595. The second kappa shape index (κ2) is 55.2. The zero-order valence-electron chi connectivity index (χ0n) is 89.2. The van der Waals surface area contributed by atoms with Gasteiger partial charge in [-0.25, -0.2) is 23.8 Å². The van der Waals surface area contributed by atoms with Crippen LogP contribution < -0.4 is 67.1 Å². The zero-order chi connectivity index (χ0) is 104. The fourth-order valence-corrected chi connectivity index (χ4v) is 14.6. The molecule has 38 heteroatoms. The van der Waals surface area contributed by atoms with Crippen molar-refractivity contribution in [1.29, 1.82) is 0 Å². The maximum absolute atomic E-state index is 12.5. The number of hydrazine groups is 1. The van der Waals surface area contributed by atoms with E-state index in [4.69, 9.17) is 72.0 Å². The van der Waals surface area contributed by atoms with Crippen molar-refractivity contribution in [2.75, 3.05) is 93.4 Å². The summed E-state index contributed by atoms with van der Waals surface area (Å²) >= 11 is 0. The van der Waals surface area contributed by atoms with E-state index in [1.807, 2.05) is 227 Å². The van der Waals surface area contributed by atoms with Gasteiger partial charge in [0.05, 0.1) is 137 Å². The van der Waals surface area contributed by atoms with E-state index in [9.17, 15) is 48.3 Å². The summed E-state index contributed by atoms with van der Waals surface area (Å²) in [4.78, 5) is 118. The summed E-state index contributed by atoms with van der Waals surface area (Å²) in [7, 11) is 5.42. The highest BCUT2D eigenvalue weighted by Gasteiger charge is 2.45. The Labute approximate surface area is 808 Å². The van der Waals surface area contributed by atoms with E-state index in [0.717, 1.165) is 19.5 Å². The third kappa shape index (κ3) is 50.8. The quantitative estimate of drug-likeness (QED) is 0.0128. The van der Waals surface area contributed by atoms with Crippen molar-refractivity contribution in [3.05, 3.63) is 97.8 Å². The smallest absolute Gasteiger partial charge is 0.330 e. The first-order valence-electron chi connectivity index (χ1n) is 48.3. The van der Waals surface area contributed by atoms with Gasteiger partial charge in [-0.15, -0.1) is 0 Å². The molecule has 0 aromatic carbocycles. The van der Waals surface area contributed by atoms with Crippen LogP contribution in [0.5, 0.6) is 0 Å². The Morgan fingerprint density at radius 1 is 0.478 bits per heavy atom. The van der Waals surface area contributed by atoms with E-state index in [0.29, 0.717) is 77.4 Å². The Balaban J connectivity index is 0.000000431. The van der Waals surface area contributed by atoms with Crippen LogP contribution in [0.1, 0.15) is 336 Å². The molecule has 2 amide bonds. The summed E-state index contributed by atoms with van der Waals surface area (Å²) in [6.45, 7) is 68.4. The highest BCUT2D eigenvalue weighted by molar-refractivity contribution is 5.96. The summed E-state index contributed by atoms with van der Waals surface area (Å²) < 4.78 is 90.0. The largest absolute Gasteiger partial charge is 0.388 e. The summed E-state index contributed by atoms with van der Waals surface area (Å²) in [5.74, 6) is 7.34. The Morgan fingerprint density at radius 2 is 0.816 bits per heavy atom. The van der Waals surface area contributed by atoms with Gasteiger partial charge in [-0.2, -0.15) is 0 Å². The van der Waals surface area contributed by atoms with E-state index in [-0.39, 0.29) is 129 Å². The summed E-state index contributed by atoms with van der Waals surface area (Å²) in [5.41, 5.74) is -1.19. The first-order valence-corrected chi connectivity index (χ1v) is 48.3. The lowest BCUT2D eigenvalue weighted by Crippen LogP contribution is -2.41. The minimum atomic E-state index is -0.689. The number of urea groups is 1. The van der Waals surface area contributed by atoms with Crippen LogP contribution in [0.2, 0.25) is 0 Å². The van der Waals surface area contributed by atoms with Crippen LogP contribution in [0.4, 0.5) is 4.79 Å². The molecular formula is C98H181N14O24+. The minimum Gasteiger partial charge on any atom is -0.388 e. The zero-order valence-corrected chi connectivity index (χ0v) is 89.2. The van der Waals surface area contributed by atoms with Gasteiger partial charge in [0.15, 0.2) is 11.6 Å². The lowest BCUT2D eigenvalue weighted by Gasteiger charge is -2.31. The minimum absolute atomic E-state index is 0.0484. The number of carbonyl (C=O) groups is 3. The number of nitrogens with zero attached hydrogens (tertiary/aromatic N) is 5. The van der Waals surface area contributed by atoms with Gasteiger partial charge in [-0.05, 0) is 268 Å². The number of rotatable bonds is 30. The maximum Gasteiger partial charge on any atom is 0.330 e. The van der Waals surface area contributed by atoms with Crippen molar-refractivity contribution >= 4 is 23.8 Å². The molecule has 6 saturated heterocycles. The van der Waals surface area contributed by atoms with Gasteiger partial charge in [0.1, 0.15) is 74.7 Å². The van der Waals surface area contributed by atoms with Gasteiger partial charge in [0.2, 0.25) is 0 Å². The predicted octanol–water partition coefficient (Wildman–Crippen LogP) is 10.1. The highest BCUT2D eigenvalue weighted by atomic mass is 16.6. The normalized spacial score (nSPS) is 22.9. The van der Waals surface area contributed by atoms with E-state index in [1.165, 1.54) is 83.9 Å². The van der Waals surface area contributed by atoms with Crippen LogP contribution >= 0.6 is 0 Å². The molecule has 0 bridgehead atoms. The van der Waals surface area contributed by atoms with Crippen molar-refractivity contribution < 1.29 is 90.4 Å². The van der Waals surface area contributed by atoms with Gasteiger partial charge in [0.25, 0.3) is 16.7 Å². The molecule has 9 rings (SSSR count). The van der Waals surface area contributed by atoms with Crippen molar-refractivity contribution in [3.8, 4) is 0 Å². The van der Waals surface area contributed by atoms with Crippen LogP contribution in [0.3, 0.4) is 0 Å². The highest BCUT2D eigenvalue weighted by Crippen LogP contribution is 2.38. The number of nitrogens with one attached hydrogen (secondary N) is 6. The number of aliphatic hydroxyl groups excluding tert-OH is 1. The lowest BCUT2D eigenvalue weighted by molar-refractivity contribution is -0.534. The molecule has 0 unspecified atom stereocenters. The van der Waals surface area contributed by atoms with Gasteiger partial charge >= 0.3 is 23.1 Å². The number of aromatic nitrogens is 6. The van der Waals surface area contributed by atoms with E-state index in [1.54, 1.807) is 14.0 Å². The average molecular weight is 1940 g/mol. The van der Waals surface area contributed by atoms with Gasteiger partial charge in [-0.3, -0.25) is 64.3 Å². The van der Waals surface area contributed by atoms with E-state index in [2.05, 4.69) is 53.4 Å². The third-order valence-electron chi connectivity index (χ3n) is 20.6. The van der Waals surface area contributed by atoms with Crippen LogP contribution in [0.15, 0.2) is 47.4 Å². The monoisotopic (exact) mass is 1940 g/mol. The molecule has 3 aromatic rings. The molecule has 3 aromatic heterocycles. The first-order chi connectivity index (χ1) is 62.3. The van der Waals surface area contributed by atoms with E-state index >= 15 is 0 Å². The molecule has 38 nitrogen and oxygen atoms in total. The first kappa shape index (κ1) is 124. The number of carbonyl (C=O) groups excluding carboxylic acids is 3. The number of nitrogens with two attached hydrogens (primary N) is 3. The number of ketones is 2. The van der Waals surface area contributed by atoms with E-state index < -0.39 is 88.6 Å². The standard InChI is InChI=1S/C22H37N3O6.C21H35N3O6.C18H30N2O5.C18H36NO3.C14H28N2O4.C5H11N.H4N2/c1-21(2,3)29-13-17-16(31-22(4,5)6)11-18(30-17)25-12-14(19(27)23-20(25)28)15(26)9-10-24(7)8;1-20(2,3)28-12-16-15(30-21(4,5)6)10-17(29-16)24-11-13(14(25)8-9-22-7)18(26)23-19(24)27;1-11-9-20(16(22)19-15(11)21)14-8-12(25-18(5,6)7)13(24-14)10-23-17(2,3)4;1-17(2,3)21-14-15(20)16(22-18(4,5)6)10-13-19-11-8-7-9-12-19;1-13(2,3)18-8-10-9(20-14(4,5)6)7-11(19-10)16-12(15)17;1-2-4-6-5-3-1;1-2/h12,16-18H,9-11,13H2,1-8H3,(H,23,27,28);11,15-17,22H,8-10,12H2,1-7H3,(H,23,26,27);9,12-14H,8,10H2,1-7H3,(H,19,21,22);13,15-16,20H,7-12,14H2,1-6H3;9-11H,7-8H2,1-6H3,(H3,15,16,17);6H,1-5H2;1-2H2/q;;;+1;;;/t16-,17-,18-;15-,16-,17-;12-,13-,14-;15-,16-;9-,10-,11-;;/m11111../s1. The number of hydrogen-bond acceptors (Lipinski definition) is 29. The fraction of sp³-hybridized carbons (Fsp3) is 0.837. The molecule has 0 saturated carbocycles. The third-order valence-corrected chi connectivity index (χ3v) is 20.6. The number of aromatic amines is 3. The number of H-pyrrole nitrogens is 3. The van der Waals surface area contributed by atoms with Crippen molar-refractivity contribution in [2.45, 2.75) is 440 Å². The number of amides is 2. The fourth-order valence-electron chi connectivity index (χ4n) is 14.6. The van der Waals surface area contributed by atoms with Crippen molar-refractivity contribution in [3.63, 3.8) is 0 Å². The molecule has 13 N–H and O–H groups in total. The van der Waals surface area contributed by atoms with Gasteiger partial charge < -0.3 is 98.0 Å². The van der Waals surface area contributed by atoms with Crippen LogP contribution in [-0.2, 0) is 66.3 Å². The molecular weight excluding hydrogens is 1760 g/mol. The molecule has 786 valence electrons. The van der Waals surface area contributed by atoms with Crippen LogP contribution in [-0.4, -0.2) is 284 Å². The number of aliphatic hydroxyl groups is 1. The summed E-state index contributed by atoms with van der Waals surface area (Å²) in [5, 5.41) is 19.2. The Hall–Kier alpha value is -6.48. The number of aryl methyl sites for hydroxylation is 1. The van der Waals surface area contributed by atoms with Crippen molar-refractivity contribution in [1.82, 2.24) is 49.5 Å². The number of piperidine rings is 2. The number of Topliss-reactive ketones (excluding diaryl/α,β-unsaturated/α-hetero) is 2. The molecule has 6 fully saturated rings. The van der Waals surface area contributed by atoms with Gasteiger partial charge in [-0.1, -0.05) is 6.42 Å². The number of ether oxygens (including phenoxy) is 14. The predicted molar refractivity (Wildman–Crippen MR) is 528 cm³/mol. The summed E-state index contributed by atoms with van der Waals surface area (Å²) in [6.07, 6.45) is 12.0. The van der Waals surface area contributed by atoms with Gasteiger partial charge in [0, 0.05) is 88.6 Å². The molecule has 0 radical (unpaired) electrons. The Kier molecular flexibility index (Phi) is 50.2. The molecule has 136 heavy (non-hydrogen) atoms. The van der Waals surface area contributed by atoms with Crippen molar-refractivity contribution in [2.24, 2.45) is 17.4 Å². The topological polar surface area (TPSA) is 486 Å². The van der Waals surface area contributed by atoms with Crippen LogP contribution in [0.25, 0.3) is 0 Å². The Morgan fingerprint density at radius 3 is 1.13 bits per heavy atom. The lowest BCUT2D eigenvalue weighted by atomic mass is 10.1. The molecule has 6 aliphatic rings. The molecule has 6 aliphatic heterocycles. The average Bonchev–Trinajstić information content (AvgIpc) is 1.63. The molecule has 0 aliphatic carbocycles. The molecule has 14 atom stereocenters. The number of hydrogen-bond donors (Lipinski definition) is 10. The Bertz CT molecular complexity index is 4450. The second-order valence-corrected chi connectivity index (χ2v) is 45.5. The van der Waals surface area contributed by atoms with Crippen LogP contribution in [0, 0.1) is 6.92 Å².